The molecule has 0 aromatic heterocycles. The molecular weight excluding hydrogens is 128 g/mol. The standard InChI is InChI=1S/C7H16Si.H2O/c1-2-8-6-4-3-5-7-8;/h8H,2-7H2,1H3;1H2. The highest BCUT2D eigenvalue weighted by Crippen LogP contribution is 2.20. The highest BCUT2D eigenvalue weighted by atomic mass is 28.3. The Morgan fingerprint density at radius 3 is 2.00 bits per heavy atom. The van der Waals surface area contributed by atoms with Gasteiger partial charge in [0, 0.05) is 8.80 Å². The van der Waals surface area contributed by atoms with Crippen molar-refractivity contribution in [2.75, 3.05) is 0 Å². The molecule has 1 aliphatic rings. The van der Waals surface area contributed by atoms with Crippen molar-refractivity contribution >= 4 is 8.80 Å². The molecule has 0 unspecified atom stereocenters. The summed E-state index contributed by atoms with van der Waals surface area (Å²) in [5, 5.41) is 0. The fourth-order valence-electron chi connectivity index (χ4n) is 1.60. The molecule has 9 heavy (non-hydrogen) atoms. The summed E-state index contributed by atoms with van der Waals surface area (Å²) < 4.78 is 0. The van der Waals surface area contributed by atoms with Gasteiger partial charge in [-0.05, 0) is 0 Å². The van der Waals surface area contributed by atoms with E-state index in [0.717, 1.165) is 0 Å². The number of hydrogen-bond acceptors (Lipinski definition) is 0. The molecule has 2 heteroatoms. The van der Waals surface area contributed by atoms with Gasteiger partial charge in [0.05, 0.1) is 0 Å². The minimum atomic E-state index is -0.105. The van der Waals surface area contributed by atoms with Gasteiger partial charge in [0.1, 0.15) is 0 Å². The van der Waals surface area contributed by atoms with Crippen molar-refractivity contribution in [1.29, 1.82) is 0 Å². The largest absolute Gasteiger partial charge is 0.412 e. The van der Waals surface area contributed by atoms with E-state index in [1.54, 1.807) is 31.0 Å². The van der Waals surface area contributed by atoms with Crippen LogP contribution in [0.5, 0.6) is 0 Å². The Morgan fingerprint density at radius 1 is 1.11 bits per heavy atom. The average Bonchev–Trinajstić information content (AvgIpc) is 1.90. The quantitative estimate of drug-likeness (QED) is 0.503. The summed E-state index contributed by atoms with van der Waals surface area (Å²) in [5.41, 5.74) is 0. The molecule has 1 aliphatic heterocycles. The van der Waals surface area contributed by atoms with Gasteiger partial charge in [0.15, 0.2) is 0 Å². The monoisotopic (exact) mass is 146 g/mol. The summed E-state index contributed by atoms with van der Waals surface area (Å²) >= 11 is 0. The maximum Gasteiger partial charge on any atom is 0.0365 e. The highest BCUT2D eigenvalue weighted by Gasteiger charge is 2.11. The van der Waals surface area contributed by atoms with E-state index in [1.807, 2.05) is 0 Å². The summed E-state index contributed by atoms with van der Waals surface area (Å²) in [4.78, 5) is 0. The summed E-state index contributed by atoms with van der Waals surface area (Å²) in [6, 6.07) is 4.85. The maximum atomic E-state index is 2.38. The molecule has 1 rings (SSSR count). The Hall–Kier alpha value is 0.177. The molecule has 1 heterocycles. The Bertz CT molecular complexity index is 59.9. The first-order valence-electron chi connectivity index (χ1n) is 3.93. The number of hydrogen-bond donors (Lipinski definition) is 0. The van der Waals surface area contributed by atoms with Gasteiger partial charge < -0.3 is 5.48 Å². The second-order valence-corrected chi connectivity index (χ2v) is 6.62. The van der Waals surface area contributed by atoms with Crippen molar-refractivity contribution in [3.8, 4) is 0 Å². The molecule has 56 valence electrons. The molecule has 0 saturated carbocycles. The van der Waals surface area contributed by atoms with E-state index in [0.29, 0.717) is 0 Å². The molecule has 0 spiro atoms. The second-order valence-electron chi connectivity index (χ2n) is 2.91. The minimum absolute atomic E-state index is 0. The first-order chi connectivity index (χ1) is 3.93. The molecule has 0 aromatic carbocycles. The summed E-state index contributed by atoms with van der Waals surface area (Å²) in [6.07, 6.45) is 4.65. The van der Waals surface area contributed by atoms with E-state index < -0.39 is 0 Å². The van der Waals surface area contributed by atoms with E-state index in [1.165, 1.54) is 6.42 Å². The lowest BCUT2D eigenvalue weighted by molar-refractivity contribution is 0.721. The van der Waals surface area contributed by atoms with Gasteiger partial charge in [-0.15, -0.1) is 0 Å². The van der Waals surface area contributed by atoms with Gasteiger partial charge in [0.25, 0.3) is 0 Å². The molecule has 1 fully saturated rings. The van der Waals surface area contributed by atoms with Crippen LogP contribution in [0.2, 0.25) is 18.1 Å². The third-order valence-electron chi connectivity index (χ3n) is 2.30. The molecule has 1 saturated heterocycles. The molecule has 0 atom stereocenters. The fraction of sp³-hybridized carbons (Fsp3) is 1.00. The van der Waals surface area contributed by atoms with Crippen molar-refractivity contribution in [1.82, 2.24) is 0 Å². The topological polar surface area (TPSA) is 31.5 Å². The highest BCUT2D eigenvalue weighted by molar-refractivity contribution is 6.58. The van der Waals surface area contributed by atoms with Crippen LogP contribution in [0.1, 0.15) is 26.2 Å². The van der Waals surface area contributed by atoms with Crippen LogP contribution >= 0.6 is 0 Å². The molecule has 0 amide bonds. The third-order valence-corrected chi connectivity index (χ3v) is 5.91. The average molecular weight is 146 g/mol. The van der Waals surface area contributed by atoms with Crippen molar-refractivity contribution in [2.45, 2.75) is 44.3 Å². The van der Waals surface area contributed by atoms with Crippen LogP contribution in [0.3, 0.4) is 0 Å². The van der Waals surface area contributed by atoms with Crippen LogP contribution in [-0.2, 0) is 0 Å². The van der Waals surface area contributed by atoms with Gasteiger partial charge in [-0.2, -0.15) is 0 Å². The SMILES string of the molecule is CC[SiH]1CCCCC1.O. The van der Waals surface area contributed by atoms with Crippen molar-refractivity contribution in [2.24, 2.45) is 0 Å². The Balaban J connectivity index is 0.000000640. The molecular formula is C7H18OSi. The van der Waals surface area contributed by atoms with Crippen LogP contribution in [0.4, 0.5) is 0 Å². The molecule has 0 radical (unpaired) electrons. The van der Waals surface area contributed by atoms with Crippen LogP contribution in [-0.4, -0.2) is 14.3 Å². The molecule has 0 bridgehead atoms. The maximum absolute atomic E-state index is 2.38. The van der Waals surface area contributed by atoms with E-state index in [-0.39, 0.29) is 14.3 Å². The zero-order valence-corrected chi connectivity index (χ0v) is 7.47. The van der Waals surface area contributed by atoms with Crippen LogP contribution in [0.15, 0.2) is 0 Å². The molecule has 0 aromatic rings. The van der Waals surface area contributed by atoms with Crippen molar-refractivity contribution in [3.05, 3.63) is 0 Å². The Labute approximate surface area is 59.4 Å². The van der Waals surface area contributed by atoms with Crippen LogP contribution < -0.4 is 0 Å². The first-order valence-corrected chi connectivity index (χ1v) is 6.38. The third kappa shape index (κ3) is 3.01. The predicted molar refractivity (Wildman–Crippen MR) is 44.7 cm³/mol. The van der Waals surface area contributed by atoms with Gasteiger partial charge in [-0.25, -0.2) is 0 Å². The van der Waals surface area contributed by atoms with E-state index in [2.05, 4.69) is 6.92 Å². The summed E-state index contributed by atoms with van der Waals surface area (Å²) in [5.74, 6) is 0. The second kappa shape index (κ2) is 5.00. The zero-order valence-electron chi connectivity index (χ0n) is 6.32. The smallest absolute Gasteiger partial charge is 0.0365 e. The van der Waals surface area contributed by atoms with Gasteiger partial charge >= 0.3 is 0 Å². The van der Waals surface area contributed by atoms with Gasteiger partial charge in [0.2, 0.25) is 0 Å². The van der Waals surface area contributed by atoms with Crippen molar-refractivity contribution < 1.29 is 5.48 Å². The molecule has 1 nitrogen and oxygen atoms in total. The zero-order chi connectivity index (χ0) is 5.82. The first kappa shape index (κ1) is 9.18. The van der Waals surface area contributed by atoms with E-state index >= 15 is 0 Å². The van der Waals surface area contributed by atoms with Gasteiger partial charge in [-0.1, -0.05) is 44.3 Å². The Kier molecular flexibility index (Phi) is 5.10. The predicted octanol–water partition coefficient (Wildman–Crippen LogP) is 1.59. The minimum Gasteiger partial charge on any atom is -0.412 e. The fourth-order valence-corrected chi connectivity index (χ4v) is 4.43. The van der Waals surface area contributed by atoms with Crippen molar-refractivity contribution in [3.63, 3.8) is 0 Å². The van der Waals surface area contributed by atoms with Crippen LogP contribution in [0.25, 0.3) is 0 Å². The Morgan fingerprint density at radius 2 is 1.67 bits per heavy atom. The summed E-state index contributed by atoms with van der Waals surface area (Å²) in [7, 11) is -0.105. The van der Waals surface area contributed by atoms with E-state index in [4.69, 9.17) is 0 Å². The lowest BCUT2D eigenvalue weighted by Gasteiger charge is -2.17. The lowest BCUT2D eigenvalue weighted by Crippen LogP contribution is -2.13. The normalized spacial score (nSPS) is 21.0. The molecule has 0 aliphatic carbocycles. The molecule has 2 N–H and O–H groups in total. The van der Waals surface area contributed by atoms with Gasteiger partial charge in [-0.3, -0.25) is 0 Å². The van der Waals surface area contributed by atoms with E-state index in [9.17, 15) is 0 Å². The van der Waals surface area contributed by atoms with Crippen LogP contribution in [0, 0.1) is 0 Å². The lowest BCUT2D eigenvalue weighted by atomic mass is 10.3. The number of rotatable bonds is 1. The summed E-state index contributed by atoms with van der Waals surface area (Å²) in [6.45, 7) is 2.38.